The highest BCUT2D eigenvalue weighted by Crippen LogP contribution is 2.26. The summed E-state index contributed by atoms with van der Waals surface area (Å²) in [6, 6.07) is 9.88. The topological polar surface area (TPSA) is 35.5 Å². The third-order valence-corrected chi connectivity index (χ3v) is 2.58. The molecule has 0 spiro atoms. The van der Waals surface area contributed by atoms with Crippen LogP contribution in [0.1, 0.15) is 26.3 Å². The van der Waals surface area contributed by atoms with Crippen molar-refractivity contribution in [3.8, 4) is 12.5 Å². The van der Waals surface area contributed by atoms with Gasteiger partial charge in [0.15, 0.2) is 6.11 Å². The van der Waals surface area contributed by atoms with Crippen molar-refractivity contribution in [3.05, 3.63) is 47.5 Å². The van der Waals surface area contributed by atoms with Crippen LogP contribution in [0.15, 0.2) is 42.0 Å². The van der Waals surface area contributed by atoms with E-state index in [9.17, 15) is 4.79 Å². The highest BCUT2D eigenvalue weighted by Gasteiger charge is 2.20. The molecule has 0 fully saturated rings. The lowest BCUT2D eigenvalue weighted by Crippen LogP contribution is -2.16. The quantitative estimate of drug-likeness (QED) is 0.353. The zero-order chi connectivity index (χ0) is 13.6. The van der Waals surface area contributed by atoms with Gasteiger partial charge in [0.2, 0.25) is 0 Å². The highest BCUT2D eigenvalue weighted by molar-refractivity contribution is 5.87. The number of hydrogen-bond donors (Lipinski definition) is 0. The largest absolute Gasteiger partial charge is 0.382 e. The summed E-state index contributed by atoms with van der Waals surface area (Å²) in [6.07, 6.45) is 8.43. The fourth-order valence-electron chi connectivity index (χ4n) is 1.68. The third kappa shape index (κ3) is 3.67. The molecular weight excluding hydrogens is 228 g/mol. The third-order valence-electron chi connectivity index (χ3n) is 2.58. The van der Waals surface area contributed by atoms with Gasteiger partial charge in [0.25, 0.3) is 0 Å². The maximum atomic E-state index is 11.5. The number of benzene rings is 1. The Morgan fingerprint density at radius 3 is 2.50 bits per heavy atom. The molecule has 0 aliphatic carbocycles. The summed E-state index contributed by atoms with van der Waals surface area (Å²) in [5, 5.41) is 0. The fraction of sp³-hybridized carbons (Fsp3) is 0.267. The standard InChI is InChI=1S/C15H16O3/c1-5-17-18-14(16)12(2)11-15(3,4)13-9-7-6-8-10-13/h1,6-11H,2-4H3/b12-11-. The Morgan fingerprint density at radius 2 is 1.94 bits per heavy atom. The lowest BCUT2D eigenvalue weighted by molar-refractivity contribution is -0.225. The minimum Gasteiger partial charge on any atom is -0.242 e. The number of terminal acetylenes is 1. The molecule has 0 aromatic heterocycles. The number of hydrogen-bond acceptors (Lipinski definition) is 3. The van der Waals surface area contributed by atoms with Crippen molar-refractivity contribution < 1.29 is 14.6 Å². The van der Waals surface area contributed by atoms with Crippen LogP contribution in [0, 0.1) is 12.5 Å². The van der Waals surface area contributed by atoms with Crippen LogP contribution in [0.5, 0.6) is 0 Å². The van der Waals surface area contributed by atoms with Crippen molar-refractivity contribution in [2.75, 3.05) is 0 Å². The van der Waals surface area contributed by atoms with Gasteiger partial charge in [-0.1, -0.05) is 56.7 Å². The van der Waals surface area contributed by atoms with Crippen molar-refractivity contribution >= 4 is 5.97 Å². The lowest BCUT2D eigenvalue weighted by atomic mass is 9.83. The smallest absolute Gasteiger partial charge is 0.242 e. The Morgan fingerprint density at radius 1 is 1.33 bits per heavy atom. The summed E-state index contributed by atoms with van der Waals surface area (Å²) in [6.45, 7) is 5.69. The van der Waals surface area contributed by atoms with Crippen molar-refractivity contribution in [2.24, 2.45) is 0 Å². The minimum atomic E-state index is -0.586. The van der Waals surface area contributed by atoms with E-state index in [0.717, 1.165) is 5.56 Å². The molecule has 0 amide bonds. The predicted molar refractivity (Wildman–Crippen MR) is 69.2 cm³/mol. The second-order valence-electron chi connectivity index (χ2n) is 4.49. The molecule has 3 nitrogen and oxygen atoms in total. The van der Waals surface area contributed by atoms with Crippen LogP contribution < -0.4 is 0 Å². The molecule has 1 rings (SSSR count). The van der Waals surface area contributed by atoms with Gasteiger partial charge < -0.3 is 0 Å². The first-order valence-electron chi connectivity index (χ1n) is 5.56. The first kappa shape index (κ1) is 13.9. The Bertz CT molecular complexity index is 478. The van der Waals surface area contributed by atoms with Gasteiger partial charge in [-0.3, -0.25) is 0 Å². The van der Waals surface area contributed by atoms with Gasteiger partial charge in [0.05, 0.1) is 0 Å². The number of carbonyl (C=O) groups is 1. The van der Waals surface area contributed by atoms with Crippen molar-refractivity contribution in [1.29, 1.82) is 0 Å². The lowest BCUT2D eigenvalue weighted by Gasteiger charge is -2.21. The Kier molecular flexibility index (Phi) is 4.56. The average Bonchev–Trinajstić information content (AvgIpc) is 2.36. The molecule has 1 aromatic carbocycles. The SMILES string of the molecule is C#COOC(=O)/C(C)=C\C(C)(C)c1ccccc1. The fourth-order valence-corrected chi connectivity index (χ4v) is 1.68. The van der Waals surface area contributed by atoms with Gasteiger partial charge in [0.1, 0.15) is 0 Å². The summed E-state index contributed by atoms with van der Waals surface area (Å²) in [5.41, 5.74) is 1.27. The average molecular weight is 244 g/mol. The van der Waals surface area contributed by atoms with Crippen molar-refractivity contribution in [2.45, 2.75) is 26.2 Å². The molecule has 3 heteroatoms. The van der Waals surface area contributed by atoms with E-state index >= 15 is 0 Å². The van der Waals surface area contributed by atoms with Gasteiger partial charge in [0, 0.05) is 11.0 Å². The van der Waals surface area contributed by atoms with Gasteiger partial charge >= 0.3 is 5.97 Å². The molecule has 0 radical (unpaired) electrons. The molecule has 0 atom stereocenters. The van der Waals surface area contributed by atoms with E-state index in [0.29, 0.717) is 5.57 Å². The molecule has 0 aliphatic rings. The van der Waals surface area contributed by atoms with E-state index < -0.39 is 5.97 Å². The van der Waals surface area contributed by atoms with Crippen LogP contribution >= 0.6 is 0 Å². The normalized spacial score (nSPS) is 11.6. The molecule has 0 bridgehead atoms. The van der Waals surface area contributed by atoms with Crippen molar-refractivity contribution in [3.63, 3.8) is 0 Å². The van der Waals surface area contributed by atoms with E-state index in [1.807, 2.05) is 50.3 Å². The van der Waals surface area contributed by atoms with Gasteiger partial charge in [-0.15, -0.1) is 0 Å². The maximum absolute atomic E-state index is 11.5. The summed E-state index contributed by atoms with van der Waals surface area (Å²) < 4.78 is 0. The van der Waals surface area contributed by atoms with Crippen molar-refractivity contribution in [1.82, 2.24) is 0 Å². The van der Waals surface area contributed by atoms with Crippen LogP contribution in [-0.4, -0.2) is 5.97 Å². The second-order valence-corrected chi connectivity index (χ2v) is 4.49. The molecule has 1 aromatic rings. The van der Waals surface area contributed by atoms with Gasteiger partial charge in [-0.2, -0.15) is 0 Å². The Labute approximate surface area is 107 Å². The molecular formula is C15H16O3. The number of carbonyl (C=O) groups excluding carboxylic acids is 1. The summed E-state index contributed by atoms with van der Waals surface area (Å²) in [7, 11) is 0. The molecule has 0 saturated heterocycles. The molecule has 18 heavy (non-hydrogen) atoms. The molecule has 0 unspecified atom stereocenters. The first-order chi connectivity index (χ1) is 8.47. The van der Waals surface area contributed by atoms with E-state index in [2.05, 4.69) is 9.78 Å². The van der Waals surface area contributed by atoms with Crippen LogP contribution in [0.2, 0.25) is 0 Å². The van der Waals surface area contributed by atoms with Crippen LogP contribution in [0.4, 0.5) is 0 Å². The zero-order valence-electron chi connectivity index (χ0n) is 10.8. The maximum Gasteiger partial charge on any atom is 0.382 e. The summed E-state index contributed by atoms with van der Waals surface area (Å²) >= 11 is 0. The highest BCUT2D eigenvalue weighted by atomic mass is 17.2. The van der Waals surface area contributed by atoms with E-state index in [-0.39, 0.29) is 5.41 Å². The molecule has 0 N–H and O–H groups in total. The Balaban J connectivity index is 2.87. The minimum absolute atomic E-state index is 0.277. The predicted octanol–water partition coefficient (Wildman–Crippen LogP) is 2.98. The van der Waals surface area contributed by atoms with Crippen LogP contribution in [0.3, 0.4) is 0 Å². The molecule has 94 valence electrons. The van der Waals surface area contributed by atoms with Gasteiger partial charge in [-0.25, -0.2) is 14.6 Å². The number of rotatable bonds is 4. The zero-order valence-corrected chi connectivity index (χ0v) is 10.8. The van der Waals surface area contributed by atoms with E-state index in [1.165, 1.54) is 0 Å². The Hall–Kier alpha value is -2.21. The van der Waals surface area contributed by atoms with E-state index in [1.54, 1.807) is 13.0 Å². The monoisotopic (exact) mass is 244 g/mol. The summed E-state index contributed by atoms with van der Waals surface area (Å²) in [5.74, 6) is -0.586. The first-order valence-corrected chi connectivity index (χ1v) is 5.56. The second kappa shape index (κ2) is 5.92. The van der Waals surface area contributed by atoms with Crippen LogP contribution in [0.25, 0.3) is 0 Å². The number of allylic oxidation sites excluding steroid dienone is 1. The summed E-state index contributed by atoms with van der Waals surface area (Å²) in [4.78, 5) is 20.1. The molecule has 0 heterocycles. The van der Waals surface area contributed by atoms with E-state index in [4.69, 9.17) is 6.42 Å². The van der Waals surface area contributed by atoms with Gasteiger partial charge in [-0.05, 0) is 12.5 Å². The molecule has 0 aliphatic heterocycles. The molecule has 0 saturated carbocycles. The van der Waals surface area contributed by atoms with Crippen LogP contribution in [-0.2, 0) is 20.0 Å².